The van der Waals surface area contributed by atoms with Gasteiger partial charge in [-0.15, -0.1) is 5.10 Å². The van der Waals surface area contributed by atoms with E-state index in [2.05, 4.69) is 10.3 Å². The van der Waals surface area contributed by atoms with E-state index in [0.29, 0.717) is 6.61 Å². The Morgan fingerprint density at radius 3 is 2.63 bits per heavy atom. The number of benzene rings is 1. The number of carboxylic acids is 1. The molecular formula is C13H15N3O3. The monoisotopic (exact) mass is 261 g/mol. The highest BCUT2D eigenvalue weighted by Gasteiger charge is 2.13. The minimum absolute atomic E-state index is 0.0576. The van der Waals surface area contributed by atoms with E-state index in [0.717, 1.165) is 11.3 Å². The van der Waals surface area contributed by atoms with Gasteiger partial charge in [0.05, 0.1) is 18.8 Å². The van der Waals surface area contributed by atoms with Gasteiger partial charge in [-0.3, -0.25) is 0 Å². The number of nitrogens with zero attached hydrogens (tertiary/aromatic N) is 3. The number of ether oxygens (including phenoxy) is 1. The van der Waals surface area contributed by atoms with Crippen LogP contribution in [0.4, 0.5) is 0 Å². The summed E-state index contributed by atoms with van der Waals surface area (Å²) in [5, 5.41) is 16.2. The molecule has 0 spiro atoms. The molecule has 1 atom stereocenters. The molecular weight excluding hydrogens is 246 g/mol. The predicted octanol–water partition coefficient (Wildman–Crippen LogP) is 1.98. The predicted molar refractivity (Wildman–Crippen MR) is 68.4 cm³/mol. The summed E-state index contributed by atoms with van der Waals surface area (Å²) in [6.07, 6.45) is 1.42. The molecule has 2 rings (SSSR count). The maximum absolute atomic E-state index is 10.8. The zero-order valence-corrected chi connectivity index (χ0v) is 10.8. The van der Waals surface area contributed by atoms with Crippen molar-refractivity contribution in [1.29, 1.82) is 0 Å². The molecule has 0 amide bonds. The van der Waals surface area contributed by atoms with E-state index in [1.807, 2.05) is 38.1 Å². The van der Waals surface area contributed by atoms with Crippen molar-refractivity contribution in [1.82, 2.24) is 15.0 Å². The second-order valence-corrected chi connectivity index (χ2v) is 4.07. The Kier molecular flexibility index (Phi) is 3.79. The zero-order chi connectivity index (χ0) is 13.8. The molecule has 1 heterocycles. The van der Waals surface area contributed by atoms with Gasteiger partial charge in [0, 0.05) is 0 Å². The molecule has 0 radical (unpaired) electrons. The third kappa shape index (κ3) is 2.90. The highest BCUT2D eigenvalue weighted by Crippen LogP contribution is 2.20. The van der Waals surface area contributed by atoms with E-state index in [-0.39, 0.29) is 11.7 Å². The summed E-state index contributed by atoms with van der Waals surface area (Å²) in [4.78, 5) is 10.8. The third-order valence-electron chi connectivity index (χ3n) is 2.80. The summed E-state index contributed by atoms with van der Waals surface area (Å²) >= 11 is 0. The molecule has 0 aliphatic heterocycles. The lowest BCUT2D eigenvalue weighted by Crippen LogP contribution is -2.07. The smallest absolute Gasteiger partial charge is 0.358 e. The van der Waals surface area contributed by atoms with Crippen LogP contribution in [0.15, 0.2) is 30.5 Å². The third-order valence-corrected chi connectivity index (χ3v) is 2.80. The number of aromatic nitrogens is 3. The molecule has 0 saturated heterocycles. The van der Waals surface area contributed by atoms with Crippen LogP contribution in [0, 0.1) is 0 Å². The van der Waals surface area contributed by atoms with Gasteiger partial charge in [0.15, 0.2) is 5.69 Å². The second kappa shape index (κ2) is 5.51. The summed E-state index contributed by atoms with van der Waals surface area (Å²) in [7, 11) is 0. The van der Waals surface area contributed by atoms with Gasteiger partial charge in [0.1, 0.15) is 5.75 Å². The molecule has 0 aliphatic carbocycles. The number of hydrogen-bond acceptors (Lipinski definition) is 4. The van der Waals surface area contributed by atoms with Gasteiger partial charge in [-0.05, 0) is 31.5 Å². The Hall–Kier alpha value is -2.37. The van der Waals surface area contributed by atoms with Crippen molar-refractivity contribution in [3.05, 3.63) is 41.7 Å². The molecule has 0 bridgehead atoms. The van der Waals surface area contributed by atoms with Crippen molar-refractivity contribution in [3.8, 4) is 5.75 Å². The Labute approximate surface area is 110 Å². The quantitative estimate of drug-likeness (QED) is 0.890. The molecule has 0 fully saturated rings. The van der Waals surface area contributed by atoms with Crippen LogP contribution in [0.3, 0.4) is 0 Å². The molecule has 6 heteroatoms. The Bertz CT molecular complexity index is 563. The lowest BCUT2D eigenvalue weighted by molar-refractivity contribution is 0.0690. The molecule has 19 heavy (non-hydrogen) atoms. The molecule has 0 aliphatic rings. The summed E-state index contributed by atoms with van der Waals surface area (Å²) in [6, 6.07) is 7.53. The SMILES string of the molecule is CCOc1ccc([C@@H](C)n2cc(C(=O)O)nn2)cc1. The summed E-state index contributed by atoms with van der Waals surface area (Å²) in [6.45, 7) is 4.48. The van der Waals surface area contributed by atoms with Crippen LogP contribution in [0.25, 0.3) is 0 Å². The van der Waals surface area contributed by atoms with Crippen LogP contribution in [0.1, 0.15) is 35.9 Å². The van der Waals surface area contributed by atoms with E-state index in [4.69, 9.17) is 9.84 Å². The summed E-state index contributed by atoms with van der Waals surface area (Å²) < 4.78 is 6.90. The highest BCUT2D eigenvalue weighted by molar-refractivity contribution is 5.84. The van der Waals surface area contributed by atoms with Crippen molar-refractivity contribution in [2.45, 2.75) is 19.9 Å². The van der Waals surface area contributed by atoms with Gasteiger partial charge in [-0.1, -0.05) is 17.3 Å². The highest BCUT2D eigenvalue weighted by atomic mass is 16.5. The molecule has 1 aromatic carbocycles. The fraction of sp³-hybridized carbons (Fsp3) is 0.308. The van der Waals surface area contributed by atoms with Gasteiger partial charge >= 0.3 is 5.97 Å². The number of hydrogen-bond donors (Lipinski definition) is 1. The van der Waals surface area contributed by atoms with E-state index in [1.165, 1.54) is 10.9 Å². The van der Waals surface area contributed by atoms with Gasteiger partial charge in [-0.25, -0.2) is 9.48 Å². The summed E-state index contributed by atoms with van der Waals surface area (Å²) in [5.74, 6) is -0.270. The molecule has 100 valence electrons. The average Bonchev–Trinajstić information content (AvgIpc) is 2.89. The Morgan fingerprint density at radius 1 is 1.42 bits per heavy atom. The lowest BCUT2D eigenvalue weighted by Gasteiger charge is -2.12. The van der Waals surface area contributed by atoms with Crippen LogP contribution < -0.4 is 4.74 Å². The molecule has 0 saturated carbocycles. The van der Waals surface area contributed by atoms with Crippen molar-refractivity contribution in [2.75, 3.05) is 6.61 Å². The standard InChI is InChI=1S/C13H15N3O3/c1-3-19-11-6-4-10(5-7-11)9(2)16-8-12(13(17)18)14-15-16/h4-9H,3H2,1-2H3,(H,17,18)/t9-/m1/s1. The van der Waals surface area contributed by atoms with Gasteiger partial charge in [0.2, 0.25) is 0 Å². The first-order valence-electron chi connectivity index (χ1n) is 5.99. The van der Waals surface area contributed by atoms with Gasteiger partial charge < -0.3 is 9.84 Å². The van der Waals surface area contributed by atoms with Crippen LogP contribution in [0.2, 0.25) is 0 Å². The Morgan fingerprint density at radius 2 is 2.11 bits per heavy atom. The maximum atomic E-state index is 10.8. The summed E-state index contributed by atoms with van der Waals surface area (Å²) in [5.41, 5.74) is 0.947. The normalized spacial score (nSPS) is 12.1. The maximum Gasteiger partial charge on any atom is 0.358 e. The first kappa shape index (κ1) is 13.1. The van der Waals surface area contributed by atoms with Crippen LogP contribution in [-0.4, -0.2) is 32.7 Å². The van der Waals surface area contributed by atoms with Crippen LogP contribution in [0.5, 0.6) is 5.75 Å². The fourth-order valence-corrected chi connectivity index (χ4v) is 1.73. The Balaban J connectivity index is 2.17. The topological polar surface area (TPSA) is 77.2 Å². The number of rotatable bonds is 5. The minimum Gasteiger partial charge on any atom is -0.494 e. The number of aromatic carboxylic acids is 1. The molecule has 1 aromatic heterocycles. The number of carbonyl (C=O) groups is 1. The van der Waals surface area contributed by atoms with Gasteiger partial charge in [0.25, 0.3) is 0 Å². The van der Waals surface area contributed by atoms with Crippen molar-refractivity contribution >= 4 is 5.97 Å². The molecule has 6 nitrogen and oxygen atoms in total. The molecule has 0 unspecified atom stereocenters. The molecule has 2 aromatic rings. The van der Waals surface area contributed by atoms with Crippen molar-refractivity contribution < 1.29 is 14.6 Å². The van der Waals surface area contributed by atoms with Crippen molar-refractivity contribution in [3.63, 3.8) is 0 Å². The fourth-order valence-electron chi connectivity index (χ4n) is 1.73. The van der Waals surface area contributed by atoms with Gasteiger partial charge in [-0.2, -0.15) is 0 Å². The number of carboxylic acid groups (broad SMARTS) is 1. The van der Waals surface area contributed by atoms with E-state index >= 15 is 0 Å². The average molecular weight is 261 g/mol. The minimum atomic E-state index is -1.08. The first-order valence-corrected chi connectivity index (χ1v) is 5.99. The van der Waals surface area contributed by atoms with E-state index in [9.17, 15) is 4.79 Å². The lowest BCUT2D eigenvalue weighted by atomic mass is 10.1. The largest absolute Gasteiger partial charge is 0.494 e. The van der Waals surface area contributed by atoms with E-state index in [1.54, 1.807) is 0 Å². The first-order chi connectivity index (χ1) is 9.11. The van der Waals surface area contributed by atoms with Crippen LogP contribution in [-0.2, 0) is 0 Å². The zero-order valence-electron chi connectivity index (χ0n) is 10.8. The van der Waals surface area contributed by atoms with Crippen molar-refractivity contribution in [2.24, 2.45) is 0 Å². The van der Waals surface area contributed by atoms with E-state index < -0.39 is 5.97 Å². The second-order valence-electron chi connectivity index (χ2n) is 4.07. The van der Waals surface area contributed by atoms with Crippen LogP contribution >= 0.6 is 0 Å². The molecule has 1 N–H and O–H groups in total.